The van der Waals surface area contributed by atoms with Crippen LogP contribution in [-0.2, 0) is 84.2 Å². The molecule has 0 saturated carbocycles. The molecule has 7 aromatic carbocycles. The topological polar surface area (TPSA) is 109 Å². The average molecular weight is 1180 g/mol. The molecule has 7 nitrogen and oxygen atoms in total. The van der Waals surface area contributed by atoms with E-state index in [4.69, 9.17) is 14.2 Å². The Bertz CT molecular complexity index is 3250. The lowest BCUT2D eigenvalue weighted by Crippen LogP contribution is -2.16. The quantitative estimate of drug-likeness (QED) is 0.130. The van der Waals surface area contributed by atoms with Crippen molar-refractivity contribution in [3.05, 3.63) is 201 Å². The summed E-state index contributed by atoms with van der Waals surface area (Å²) in [6.45, 7) is 39.9. The summed E-state index contributed by atoms with van der Waals surface area (Å²) in [7, 11) is 1.69. The normalized spacial score (nSPS) is 14.5. The number of methoxy groups -OCH3 is 1. The third kappa shape index (κ3) is 13.0. The van der Waals surface area contributed by atoms with Crippen molar-refractivity contribution >= 4 is 15.9 Å². The van der Waals surface area contributed by atoms with E-state index in [1.54, 1.807) is 7.11 Å². The molecule has 12 bridgehead atoms. The van der Waals surface area contributed by atoms with Gasteiger partial charge >= 0.3 is 0 Å². The molecule has 0 atom stereocenters. The molecule has 2 aliphatic rings. The highest BCUT2D eigenvalue weighted by Crippen LogP contribution is 2.46. The van der Waals surface area contributed by atoms with Crippen LogP contribution >= 0.6 is 15.9 Å². The average Bonchev–Trinajstić information content (AvgIpc) is 2.71. The zero-order valence-electron chi connectivity index (χ0n) is 53.1. The van der Waals surface area contributed by atoms with Gasteiger partial charge in [-0.15, -0.1) is 0 Å². The maximum Gasteiger partial charge on any atom is 0.132 e. The highest BCUT2D eigenvalue weighted by molar-refractivity contribution is 9.10. The van der Waals surface area contributed by atoms with Crippen molar-refractivity contribution in [2.75, 3.05) is 7.11 Å². The number of benzene rings is 7. The summed E-state index contributed by atoms with van der Waals surface area (Å²) in [5.41, 5.74) is 15.6. The Hall–Kier alpha value is -6.38. The molecular weight excluding hydrogens is 1090 g/mol. The predicted molar refractivity (Wildman–Crippen MR) is 344 cm³/mol. The maximum atomic E-state index is 12.9. The summed E-state index contributed by atoms with van der Waals surface area (Å²) < 4.78 is 21.9. The molecular formula is C75H91BrO7. The lowest BCUT2D eigenvalue weighted by atomic mass is 9.79. The monoisotopic (exact) mass is 1180 g/mol. The third-order valence-electron chi connectivity index (χ3n) is 17.2. The van der Waals surface area contributed by atoms with Gasteiger partial charge in [0.05, 0.1) is 7.11 Å². The molecule has 4 N–H and O–H groups in total. The number of ether oxygens (including phenoxy) is 3. The minimum atomic E-state index is -0.311. The predicted octanol–water partition coefficient (Wildman–Crippen LogP) is 18.4. The lowest BCUT2D eigenvalue weighted by molar-refractivity contribution is 0.278. The van der Waals surface area contributed by atoms with Crippen LogP contribution in [0.2, 0.25) is 0 Å². The van der Waals surface area contributed by atoms with Crippen LogP contribution < -0.4 is 14.2 Å². The van der Waals surface area contributed by atoms with Gasteiger partial charge in [0.15, 0.2) is 0 Å². The molecule has 9 rings (SSSR count). The van der Waals surface area contributed by atoms with Crippen molar-refractivity contribution in [1.82, 2.24) is 0 Å². The molecule has 0 unspecified atom stereocenters. The number of hydrogen-bond acceptors (Lipinski definition) is 7. The highest BCUT2D eigenvalue weighted by Gasteiger charge is 2.31. The highest BCUT2D eigenvalue weighted by atomic mass is 79.9. The molecule has 0 spiro atoms. The first kappa shape index (κ1) is 61.2. The van der Waals surface area contributed by atoms with Gasteiger partial charge in [-0.1, -0.05) is 213 Å². The first-order valence-corrected chi connectivity index (χ1v) is 30.5. The summed E-state index contributed by atoms with van der Waals surface area (Å²) in [6, 6.07) is 30.0. The second-order valence-electron chi connectivity index (χ2n) is 30.2. The molecule has 0 aliphatic carbocycles. The molecule has 0 saturated heterocycles. The van der Waals surface area contributed by atoms with E-state index in [9.17, 15) is 20.4 Å². The van der Waals surface area contributed by atoms with Gasteiger partial charge in [-0.25, -0.2) is 0 Å². The Labute approximate surface area is 504 Å². The van der Waals surface area contributed by atoms with E-state index in [-0.39, 0.29) is 81.5 Å². The van der Waals surface area contributed by atoms with Crippen molar-refractivity contribution in [1.29, 1.82) is 0 Å². The molecule has 7 aromatic rings. The second-order valence-corrected chi connectivity index (χ2v) is 31.1. The number of phenolic OH excluding ortho intramolecular Hbond substituents is 4. The van der Waals surface area contributed by atoms with E-state index in [1.165, 1.54) is 0 Å². The number of hydrogen-bond donors (Lipinski definition) is 4. The van der Waals surface area contributed by atoms with Gasteiger partial charge in [0.2, 0.25) is 0 Å². The van der Waals surface area contributed by atoms with Gasteiger partial charge in [-0.2, -0.15) is 0 Å². The van der Waals surface area contributed by atoms with Crippen molar-refractivity contribution in [2.24, 2.45) is 0 Å². The lowest BCUT2D eigenvalue weighted by Gasteiger charge is -2.28. The Morgan fingerprint density at radius 1 is 0.301 bits per heavy atom. The fourth-order valence-corrected chi connectivity index (χ4v) is 12.4. The zero-order valence-corrected chi connectivity index (χ0v) is 54.7. The summed E-state index contributed by atoms with van der Waals surface area (Å²) in [6.07, 6.45) is 1.85. The van der Waals surface area contributed by atoms with E-state index in [0.717, 1.165) is 116 Å². The standard InChI is InChI=1S/C75H91BrO7/c1-70(2,3)56-26-42-20-43-27-57(71(4,5)6)31-47(64(43)78)23-52-36-61(75(16,17)18)37-53-25-49-33-59(73(10,11)12)29-45(66(49)80)21-44-28-58(72(7,8)9)32-48(65(44)79)24-51-35-60(74(13,14)15)34-50(22-46(30-56)63(42)77)68(51)82-40-54-38-62(76)39-55(67(54)81-19)41-83-69(52)53/h26-39,77-80H,20-25,40-41H2,1-19H3. The van der Waals surface area contributed by atoms with E-state index in [0.29, 0.717) is 42.9 Å². The number of fused-ring (bicyclic) bond motifs is 10. The number of aromatic hydroxyl groups is 4. The Kier molecular flexibility index (Phi) is 16.2. The van der Waals surface area contributed by atoms with Crippen LogP contribution in [0.25, 0.3) is 0 Å². The molecule has 8 heteroatoms. The number of rotatable bonds is 1. The van der Waals surface area contributed by atoms with E-state index < -0.39 is 0 Å². The molecule has 2 heterocycles. The number of halogens is 1. The molecule has 0 fully saturated rings. The van der Waals surface area contributed by atoms with Gasteiger partial charge < -0.3 is 34.6 Å². The van der Waals surface area contributed by atoms with Crippen LogP contribution in [0.3, 0.4) is 0 Å². The van der Waals surface area contributed by atoms with Gasteiger partial charge in [-0.3, -0.25) is 0 Å². The molecule has 83 heavy (non-hydrogen) atoms. The van der Waals surface area contributed by atoms with Crippen LogP contribution in [0.5, 0.6) is 40.2 Å². The fourth-order valence-electron chi connectivity index (χ4n) is 11.8. The van der Waals surface area contributed by atoms with Crippen molar-refractivity contribution in [2.45, 2.75) is 209 Å². The van der Waals surface area contributed by atoms with Crippen molar-refractivity contribution in [3.8, 4) is 40.2 Å². The van der Waals surface area contributed by atoms with E-state index in [1.807, 2.05) is 12.1 Å². The molecule has 0 aromatic heterocycles. The summed E-state index contributed by atoms with van der Waals surface area (Å²) >= 11 is 3.90. The number of phenols is 4. The SMILES string of the molecule is COc1c2cc(Br)cc1COc1c3cc(C(C)(C)C)cc1Cc1cc(C(C)(C)C)cc(c1O)Cc1cc(C(C)(C)C)cc(c1O)Cc1cc(C(C)(C)C)cc(c1OC2)Cc1cc(C(C)(C)C)cc(c1O)Cc1cc(C(C)(C)C)cc(c1O)C3. The minimum Gasteiger partial charge on any atom is -0.507 e. The minimum absolute atomic E-state index is 0.133. The molecule has 2 aliphatic heterocycles. The van der Waals surface area contributed by atoms with Crippen LogP contribution in [0, 0.1) is 0 Å². The summed E-state index contributed by atoms with van der Waals surface area (Å²) in [4.78, 5) is 0. The Balaban J connectivity index is 1.48. The smallest absolute Gasteiger partial charge is 0.132 e. The molecule has 440 valence electrons. The maximum absolute atomic E-state index is 12.9. The first-order chi connectivity index (χ1) is 38.4. The summed E-state index contributed by atoms with van der Waals surface area (Å²) in [5.74, 6) is 2.64. The largest absolute Gasteiger partial charge is 0.507 e. The molecule has 0 amide bonds. The van der Waals surface area contributed by atoms with Gasteiger partial charge in [0.1, 0.15) is 53.5 Å². The van der Waals surface area contributed by atoms with Crippen LogP contribution in [0.15, 0.2) is 89.4 Å². The van der Waals surface area contributed by atoms with Crippen molar-refractivity contribution in [3.63, 3.8) is 0 Å². The zero-order chi connectivity index (χ0) is 60.8. The Morgan fingerprint density at radius 2 is 0.482 bits per heavy atom. The summed E-state index contributed by atoms with van der Waals surface area (Å²) in [5, 5.41) is 51.8. The van der Waals surface area contributed by atoms with Gasteiger partial charge in [0.25, 0.3) is 0 Å². The van der Waals surface area contributed by atoms with Crippen LogP contribution in [0.4, 0.5) is 0 Å². The van der Waals surface area contributed by atoms with Gasteiger partial charge in [0, 0.05) is 54.1 Å². The first-order valence-electron chi connectivity index (χ1n) is 29.7. The van der Waals surface area contributed by atoms with Crippen LogP contribution in [0.1, 0.15) is 236 Å². The fraction of sp³-hybridized carbons (Fsp3) is 0.440. The van der Waals surface area contributed by atoms with Crippen LogP contribution in [-0.4, -0.2) is 27.5 Å². The Morgan fingerprint density at radius 3 is 0.663 bits per heavy atom. The second kappa shape index (κ2) is 21.9. The van der Waals surface area contributed by atoms with Crippen molar-refractivity contribution < 1.29 is 34.6 Å². The van der Waals surface area contributed by atoms with E-state index in [2.05, 4.69) is 213 Å². The third-order valence-corrected chi connectivity index (χ3v) is 17.7. The molecule has 0 radical (unpaired) electrons. The van der Waals surface area contributed by atoms with Gasteiger partial charge in [-0.05, 0) is 145 Å². The van der Waals surface area contributed by atoms with E-state index >= 15 is 0 Å².